The zero-order valence-corrected chi connectivity index (χ0v) is 16.4. The van der Waals surface area contributed by atoms with Crippen LogP contribution in [-0.2, 0) is 17.9 Å². The molecule has 0 N–H and O–H groups in total. The third-order valence-electron chi connectivity index (χ3n) is 5.94. The lowest BCUT2D eigenvalue weighted by Crippen LogP contribution is -2.39. The summed E-state index contributed by atoms with van der Waals surface area (Å²) >= 11 is 0. The van der Waals surface area contributed by atoms with Gasteiger partial charge in [0.1, 0.15) is 23.5 Å². The average molecular weight is 390 g/mol. The Kier molecular flexibility index (Phi) is 4.27. The van der Waals surface area contributed by atoms with E-state index in [2.05, 4.69) is 29.7 Å². The number of fused-ring (bicyclic) bond motifs is 1. The van der Waals surface area contributed by atoms with Crippen LogP contribution in [0.15, 0.2) is 12.3 Å². The maximum atomic E-state index is 13.2. The van der Waals surface area contributed by atoms with Crippen LogP contribution in [0, 0.1) is 24.2 Å². The SMILES string of the molecule is Cc1nc2c(c(N3CCC3)n1)CN(C(=O)C1CCN(c3ccnc(C#N)n3)C1)C2. The Labute approximate surface area is 169 Å². The van der Waals surface area contributed by atoms with Gasteiger partial charge in [0.05, 0.1) is 24.7 Å². The zero-order valence-electron chi connectivity index (χ0n) is 16.4. The fraction of sp³-hybridized carbons (Fsp3) is 0.500. The molecule has 1 amide bonds. The lowest BCUT2D eigenvalue weighted by atomic mass is 10.1. The first-order valence-electron chi connectivity index (χ1n) is 10.0. The molecule has 0 aliphatic carbocycles. The second kappa shape index (κ2) is 6.95. The maximum absolute atomic E-state index is 13.2. The van der Waals surface area contributed by atoms with Gasteiger partial charge < -0.3 is 14.7 Å². The van der Waals surface area contributed by atoms with Crippen molar-refractivity contribution < 1.29 is 4.79 Å². The van der Waals surface area contributed by atoms with Crippen LogP contribution in [0.4, 0.5) is 11.6 Å². The molecule has 3 aliphatic rings. The molecule has 0 radical (unpaired) electrons. The Morgan fingerprint density at radius 3 is 2.79 bits per heavy atom. The van der Waals surface area contributed by atoms with Gasteiger partial charge in [0.15, 0.2) is 0 Å². The molecule has 5 rings (SSSR count). The molecule has 0 bridgehead atoms. The fourth-order valence-corrected chi connectivity index (χ4v) is 4.31. The van der Waals surface area contributed by atoms with Crippen LogP contribution in [-0.4, -0.2) is 56.9 Å². The number of rotatable bonds is 3. The molecule has 148 valence electrons. The molecule has 0 saturated carbocycles. The van der Waals surface area contributed by atoms with Crippen LogP contribution >= 0.6 is 0 Å². The van der Waals surface area contributed by atoms with E-state index in [0.29, 0.717) is 25.5 Å². The van der Waals surface area contributed by atoms with Gasteiger partial charge >= 0.3 is 0 Å². The smallest absolute Gasteiger partial charge is 0.234 e. The molecule has 29 heavy (non-hydrogen) atoms. The lowest BCUT2D eigenvalue weighted by molar-refractivity contribution is -0.135. The molecule has 2 aromatic heterocycles. The molecule has 1 atom stereocenters. The number of aryl methyl sites for hydroxylation is 1. The second-order valence-corrected chi connectivity index (χ2v) is 7.84. The molecule has 1 unspecified atom stereocenters. The fourth-order valence-electron chi connectivity index (χ4n) is 4.31. The minimum Gasteiger partial charge on any atom is -0.356 e. The Bertz CT molecular complexity index is 1010. The largest absolute Gasteiger partial charge is 0.356 e. The molecule has 2 fully saturated rings. The van der Waals surface area contributed by atoms with Crippen molar-refractivity contribution in [1.82, 2.24) is 24.8 Å². The molecule has 2 saturated heterocycles. The first-order chi connectivity index (χ1) is 14.1. The third-order valence-corrected chi connectivity index (χ3v) is 5.94. The molecule has 9 nitrogen and oxygen atoms in total. The van der Waals surface area contributed by atoms with Gasteiger partial charge in [-0.25, -0.2) is 19.9 Å². The first kappa shape index (κ1) is 17.8. The van der Waals surface area contributed by atoms with Crippen molar-refractivity contribution in [3.05, 3.63) is 35.2 Å². The van der Waals surface area contributed by atoms with E-state index >= 15 is 0 Å². The van der Waals surface area contributed by atoms with E-state index < -0.39 is 0 Å². The van der Waals surface area contributed by atoms with Gasteiger partial charge in [-0.3, -0.25) is 4.79 Å². The van der Waals surface area contributed by atoms with E-state index in [4.69, 9.17) is 5.26 Å². The topological polar surface area (TPSA) is 102 Å². The van der Waals surface area contributed by atoms with Gasteiger partial charge in [-0.05, 0) is 25.8 Å². The van der Waals surface area contributed by atoms with Crippen molar-refractivity contribution in [2.24, 2.45) is 5.92 Å². The average Bonchev–Trinajstić information content (AvgIpc) is 3.33. The Hall–Kier alpha value is -3.28. The van der Waals surface area contributed by atoms with Crippen molar-refractivity contribution in [2.75, 3.05) is 36.0 Å². The summed E-state index contributed by atoms with van der Waals surface area (Å²) in [5.41, 5.74) is 2.09. The quantitative estimate of drug-likeness (QED) is 0.766. The predicted molar refractivity (Wildman–Crippen MR) is 105 cm³/mol. The normalized spacial score (nSPS) is 20.4. The third kappa shape index (κ3) is 3.14. The van der Waals surface area contributed by atoms with Crippen molar-refractivity contribution in [3.8, 4) is 6.07 Å². The summed E-state index contributed by atoms with van der Waals surface area (Å²) in [5.74, 6) is 2.72. The lowest BCUT2D eigenvalue weighted by Gasteiger charge is -2.33. The number of carbonyl (C=O) groups excluding carboxylic acids is 1. The van der Waals surface area contributed by atoms with E-state index in [1.807, 2.05) is 17.9 Å². The minimum absolute atomic E-state index is 0.0775. The summed E-state index contributed by atoms with van der Waals surface area (Å²) in [6, 6.07) is 3.76. The highest BCUT2D eigenvalue weighted by atomic mass is 16.2. The van der Waals surface area contributed by atoms with Gasteiger partial charge in [0.25, 0.3) is 0 Å². The van der Waals surface area contributed by atoms with E-state index in [1.165, 1.54) is 6.42 Å². The van der Waals surface area contributed by atoms with E-state index in [9.17, 15) is 4.79 Å². The van der Waals surface area contributed by atoms with Gasteiger partial charge in [0, 0.05) is 37.9 Å². The van der Waals surface area contributed by atoms with Gasteiger partial charge in [0.2, 0.25) is 11.7 Å². The second-order valence-electron chi connectivity index (χ2n) is 7.84. The van der Waals surface area contributed by atoms with Crippen LogP contribution in [0.1, 0.15) is 35.7 Å². The van der Waals surface area contributed by atoms with E-state index in [1.54, 1.807) is 12.3 Å². The molecule has 2 aromatic rings. The summed E-state index contributed by atoms with van der Waals surface area (Å²) < 4.78 is 0. The van der Waals surface area contributed by atoms with Gasteiger partial charge in [-0.1, -0.05) is 0 Å². The number of nitrogens with zero attached hydrogens (tertiary/aromatic N) is 8. The summed E-state index contributed by atoms with van der Waals surface area (Å²) in [4.78, 5) is 36.9. The van der Waals surface area contributed by atoms with Crippen molar-refractivity contribution in [3.63, 3.8) is 0 Å². The summed E-state index contributed by atoms with van der Waals surface area (Å²) in [5, 5.41) is 9.01. The highest BCUT2D eigenvalue weighted by Gasteiger charge is 2.37. The molecular weight excluding hydrogens is 368 g/mol. The highest BCUT2D eigenvalue weighted by Crippen LogP contribution is 2.33. The van der Waals surface area contributed by atoms with E-state index in [-0.39, 0.29) is 17.6 Å². The zero-order chi connectivity index (χ0) is 20.0. The van der Waals surface area contributed by atoms with Crippen molar-refractivity contribution in [1.29, 1.82) is 5.26 Å². The van der Waals surface area contributed by atoms with Crippen molar-refractivity contribution in [2.45, 2.75) is 32.9 Å². The minimum atomic E-state index is -0.0775. The number of aromatic nitrogens is 4. The number of hydrogen-bond acceptors (Lipinski definition) is 8. The molecule has 3 aliphatic heterocycles. The molecule has 0 spiro atoms. The number of carbonyl (C=O) groups is 1. The maximum Gasteiger partial charge on any atom is 0.234 e. The highest BCUT2D eigenvalue weighted by molar-refractivity contribution is 5.81. The number of hydrogen-bond donors (Lipinski definition) is 0. The van der Waals surface area contributed by atoms with Crippen molar-refractivity contribution >= 4 is 17.5 Å². The van der Waals surface area contributed by atoms with Gasteiger partial charge in [-0.2, -0.15) is 5.26 Å². The predicted octanol–water partition coefficient (Wildman–Crippen LogP) is 1.03. The molecule has 5 heterocycles. The number of nitriles is 1. The number of amides is 1. The van der Waals surface area contributed by atoms with E-state index in [0.717, 1.165) is 49.0 Å². The van der Waals surface area contributed by atoms with Crippen LogP contribution in [0.5, 0.6) is 0 Å². The Morgan fingerprint density at radius 1 is 1.17 bits per heavy atom. The van der Waals surface area contributed by atoms with Crippen LogP contribution < -0.4 is 9.80 Å². The van der Waals surface area contributed by atoms with Gasteiger partial charge in [-0.15, -0.1) is 0 Å². The first-order valence-corrected chi connectivity index (χ1v) is 10.0. The van der Waals surface area contributed by atoms with Crippen LogP contribution in [0.2, 0.25) is 0 Å². The Balaban J connectivity index is 1.30. The number of anilines is 2. The summed E-state index contributed by atoms with van der Waals surface area (Å²) in [7, 11) is 0. The van der Waals surface area contributed by atoms with Crippen LogP contribution in [0.3, 0.4) is 0 Å². The monoisotopic (exact) mass is 390 g/mol. The molecule has 0 aromatic carbocycles. The van der Waals surface area contributed by atoms with Crippen LogP contribution in [0.25, 0.3) is 0 Å². The molecular formula is C20H22N8O. The summed E-state index contributed by atoms with van der Waals surface area (Å²) in [6.07, 6.45) is 3.56. The Morgan fingerprint density at radius 2 is 2.03 bits per heavy atom. The molecule has 9 heteroatoms. The standard InChI is InChI=1S/C20H22N8O/c1-13-23-16-12-28(11-15(16)19(24-13)26-6-2-7-26)20(29)14-4-8-27(10-14)18-3-5-22-17(9-21)25-18/h3,5,14H,2,4,6-8,10-12H2,1H3. The summed E-state index contributed by atoms with van der Waals surface area (Å²) in [6.45, 7) is 6.47.